The highest BCUT2D eigenvalue weighted by atomic mass is 35.5. The molecule has 2 saturated heterocycles. The summed E-state index contributed by atoms with van der Waals surface area (Å²) in [5.74, 6) is 0.367. The molecule has 0 aromatic rings. The van der Waals surface area contributed by atoms with Crippen LogP contribution >= 0.6 is 12.4 Å². The molecule has 0 radical (unpaired) electrons. The molecular formula is C13H25ClN2O. The van der Waals surface area contributed by atoms with Crippen molar-refractivity contribution in [3.05, 3.63) is 0 Å². The number of carbonyl (C=O) groups is 1. The van der Waals surface area contributed by atoms with Gasteiger partial charge in [0.25, 0.3) is 0 Å². The van der Waals surface area contributed by atoms with Crippen LogP contribution in [0.25, 0.3) is 0 Å². The van der Waals surface area contributed by atoms with Crippen molar-refractivity contribution in [3.63, 3.8) is 0 Å². The number of amides is 1. The summed E-state index contributed by atoms with van der Waals surface area (Å²) < 4.78 is 0. The summed E-state index contributed by atoms with van der Waals surface area (Å²) in [6.45, 7) is 8.32. The van der Waals surface area contributed by atoms with Crippen LogP contribution in [0.15, 0.2) is 0 Å². The summed E-state index contributed by atoms with van der Waals surface area (Å²) in [7, 11) is 0. The Bertz CT molecular complexity index is 267. The summed E-state index contributed by atoms with van der Waals surface area (Å²) in [6, 6.07) is 0.948. The Morgan fingerprint density at radius 3 is 2.59 bits per heavy atom. The van der Waals surface area contributed by atoms with E-state index in [0.29, 0.717) is 18.0 Å². The Hall–Kier alpha value is -0.280. The molecule has 17 heavy (non-hydrogen) atoms. The molecule has 0 aliphatic carbocycles. The van der Waals surface area contributed by atoms with E-state index in [0.717, 1.165) is 25.9 Å². The van der Waals surface area contributed by atoms with Crippen LogP contribution in [0, 0.1) is 5.41 Å². The van der Waals surface area contributed by atoms with Gasteiger partial charge in [-0.25, -0.2) is 0 Å². The first-order chi connectivity index (χ1) is 7.56. The SMILES string of the molecule is CCC(C)(C)C(=O)N1C2CCNCC1CC2.Cl. The van der Waals surface area contributed by atoms with E-state index in [1.165, 1.54) is 12.8 Å². The molecule has 0 aromatic carbocycles. The molecule has 2 bridgehead atoms. The third-order valence-electron chi connectivity index (χ3n) is 4.35. The van der Waals surface area contributed by atoms with Gasteiger partial charge in [-0.3, -0.25) is 4.79 Å². The first-order valence-electron chi connectivity index (χ1n) is 6.59. The summed E-state index contributed by atoms with van der Waals surface area (Å²) in [6.07, 6.45) is 4.44. The third-order valence-corrected chi connectivity index (χ3v) is 4.35. The zero-order chi connectivity index (χ0) is 11.8. The monoisotopic (exact) mass is 260 g/mol. The first kappa shape index (κ1) is 14.8. The second kappa shape index (κ2) is 5.57. The van der Waals surface area contributed by atoms with Gasteiger partial charge in [-0.2, -0.15) is 0 Å². The quantitative estimate of drug-likeness (QED) is 0.826. The summed E-state index contributed by atoms with van der Waals surface area (Å²) in [5.41, 5.74) is -0.189. The summed E-state index contributed by atoms with van der Waals surface area (Å²) in [5, 5.41) is 3.44. The minimum absolute atomic E-state index is 0. The molecule has 1 N–H and O–H groups in total. The Morgan fingerprint density at radius 2 is 1.94 bits per heavy atom. The fraction of sp³-hybridized carbons (Fsp3) is 0.923. The molecule has 2 heterocycles. The lowest BCUT2D eigenvalue weighted by Crippen LogP contribution is -2.48. The van der Waals surface area contributed by atoms with E-state index in [-0.39, 0.29) is 17.8 Å². The van der Waals surface area contributed by atoms with Crippen LogP contribution in [-0.4, -0.2) is 36.0 Å². The maximum absolute atomic E-state index is 12.6. The van der Waals surface area contributed by atoms with Gasteiger partial charge in [0, 0.05) is 24.0 Å². The number of rotatable bonds is 2. The highest BCUT2D eigenvalue weighted by molar-refractivity contribution is 5.85. The number of nitrogens with zero attached hydrogens (tertiary/aromatic N) is 1. The van der Waals surface area contributed by atoms with Gasteiger partial charge >= 0.3 is 0 Å². The highest BCUT2D eigenvalue weighted by Gasteiger charge is 2.42. The molecule has 2 aliphatic heterocycles. The van der Waals surface area contributed by atoms with E-state index in [9.17, 15) is 4.79 Å². The van der Waals surface area contributed by atoms with Crippen LogP contribution < -0.4 is 5.32 Å². The van der Waals surface area contributed by atoms with Gasteiger partial charge in [0.1, 0.15) is 0 Å². The lowest BCUT2D eigenvalue weighted by atomic mass is 9.88. The van der Waals surface area contributed by atoms with Crippen molar-refractivity contribution in [2.45, 2.75) is 58.5 Å². The van der Waals surface area contributed by atoms with Crippen molar-refractivity contribution in [2.75, 3.05) is 13.1 Å². The van der Waals surface area contributed by atoms with Gasteiger partial charge in [-0.1, -0.05) is 20.8 Å². The van der Waals surface area contributed by atoms with Gasteiger partial charge in [-0.05, 0) is 32.2 Å². The molecule has 2 aliphatic rings. The second-order valence-electron chi connectivity index (χ2n) is 5.83. The molecule has 0 spiro atoms. The maximum atomic E-state index is 12.6. The maximum Gasteiger partial charge on any atom is 0.228 e. The zero-order valence-corrected chi connectivity index (χ0v) is 12.0. The molecule has 0 saturated carbocycles. The van der Waals surface area contributed by atoms with Crippen molar-refractivity contribution in [1.29, 1.82) is 0 Å². The molecular weight excluding hydrogens is 236 g/mol. The topological polar surface area (TPSA) is 32.3 Å². The minimum Gasteiger partial charge on any atom is -0.335 e. The first-order valence-corrected chi connectivity index (χ1v) is 6.59. The molecule has 2 fully saturated rings. The number of carbonyl (C=O) groups excluding carboxylic acids is 1. The Balaban J connectivity index is 0.00000144. The van der Waals surface area contributed by atoms with Crippen molar-refractivity contribution in [3.8, 4) is 0 Å². The smallest absolute Gasteiger partial charge is 0.228 e. The fourth-order valence-electron chi connectivity index (χ4n) is 2.81. The third kappa shape index (κ3) is 2.76. The van der Waals surface area contributed by atoms with Crippen molar-refractivity contribution < 1.29 is 4.79 Å². The van der Waals surface area contributed by atoms with E-state index in [2.05, 4.69) is 31.0 Å². The van der Waals surface area contributed by atoms with Crippen LogP contribution in [0.5, 0.6) is 0 Å². The van der Waals surface area contributed by atoms with E-state index in [1.54, 1.807) is 0 Å². The zero-order valence-electron chi connectivity index (χ0n) is 11.2. The van der Waals surface area contributed by atoms with Gasteiger partial charge < -0.3 is 10.2 Å². The van der Waals surface area contributed by atoms with E-state index >= 15 is 0 Å². The van der Waals surface area contributed by atoms with Gasteiger partial charge in [-0.15, -0.1) is 12.4 Å². The van der Waals surface area contributed by atoms with Crippen molar-refractivity contribution >= 4 is 18.3 Å². The number of fused-ring (bicyclic) bond motifs is 2. The van der Waals surface area contributed by atoms with Crippen LogP contribution in [0.2, 0.25) is 0 Å². The number of hydrogen-bond acceptors (Lipinski definition) is 2. The second-order valence-corrected chi connectivity index (χ2v) is 5.83. The molecule has 2 rings (SSSR count). The summed E-state index contributed by atoms with van der Waals surface area (Å²) in [4.78, 5) is 14.8. The molecule has 100 valence electrons. The minimum atomic E-state index is -0.189. The largest absolute Gasteiger partial charge is 0.335 e. The van der Waals surface area contributed by atoms with Crippen molar-refractivity contribution in [2.24, 2.45) is 5.41 Å². The molecule has 3 nitrogen and oxygen atoms in total. The van der Waals surface area contributed by atoms with Crippen LogP contribution in [-0.2, 0) is 4.79 Å². The van der Waals surface area contributed by atoms with Crippen LogP contribution in [0.4, 0.5) is 0 Å². The summed E-state index contributed by atoms with van der Waals surface area (Å²) >= 11 is 0. The normalized spacial score (nSPS) is 28.5. The van der Waals surface area contributed by atoms with Crippen molar-refractivity contribution in [1.82, 2.24) is 10.2 Å². The predicted octanol–water partition coefficient (Wildman–Crippen LogP) is 2.20. The van der Waals surface area contributed by atoms with E-state index in [1.807, 2.05) is 0 Å². The average molecular weight is 261 g/mol. The number of halogens is 1. The predicted molar refractivity (Wildman–Crippen MR) is 72.5 cm³/mol. The molecule has 0 aromatic heterocycles. The molecule has 2 unspecified atom stereocenters. The average Bonchev–Trinajstić information content (AvgIpc) is 2.51. The van der Waals surface area contributed by atoms with E-state index in [4.69, 9.17) is 0 Å². The lowest BCUT2D eigenvalue weighted by Gasteiger charge is -2.35. The number of nitrogens with one attached hydrogen (secondary N) is 1. The van der Waals surface area contributed by atoms with Crippen LogP contribution in [0.1, 0.15) is 46.5 Å². The standard InChI is InChI=1S/C13H24N2O.ClH/c1-4-13(2,3)12(16)15-10-5-6-11(15)9-14-8-7-10;/h10-11,14H,4-9H2,1-3H3;1H. The fourth-order valence-corrected chi connectivity index (χ4v) is 2.81. The Labute approximate surface area is 111 Å². The van der Waals surface area contributed by atoms with Gasteiger partial charge in [0.05, 0.1) is 0 Å². The Morgan fingerprint density at radius 1 is 1.29 bits per heavy atom. The molecule has 4 heteroatoms. The molecule has 2 atom stereocenters. The highest BCUT2D eigenvalue weighted by Crippen LogP contribution is 2.33. The van der Waals surface area contributed by atoms with E-state index < -0.39 is 0 Å². The van der Waals surface area contributed by atoms with Crippen LogP contribution in [0.3, 0.4) is 0 Å². The Kier molecular flexibility index (Phi) is 4.85. The number of hydrogen-bond donors (Lipinski definition) is 1. The molecule has 1 amide bonds. The lowest BCUT2D eigenvalue weighted by molar-refractivity contribution is -0.143. The van der Waals surface area contributed by atoms with Gasteiger partial charge in [0.15, 0.2) is 0 Å². The van der Waals surface area contributed by atoms with Gasteiger partial charge in [0.2, 0.25) is 5.91 Å².